The lowest BCUT2D eigenvalue weighted by atomic mass is 10.0. The number of thioether (sulfide) groups is 1. The molecule has 0 spiro atoms. The van der Waals surface area contributed by atoms with Crippen LogP contribution in [-0.2, 0) is 0 Å². The van der Waals surface area contributed by atoms with Crippen LogP contribution >= 0.6 is 11.8 Å². The number of nitrogens with one attached hydrogen (secondary N) is 1. The van der Waals surface area contributed by atoms with E-state index in [4.69, 9.17) is 4.74 Å². The molecule has 0 aliphatic heterocycles. The van der Waals surface area contributed by atoms with Gasteiger partial charge in [0.1, 0.15) is 5.75 Å². The summed E-state index contributed by atoms with van der Waals surface area (Å²) in [5.74, 6) is 1.85. The number of methoxy groups -OCH3 is 1. The van der Waals surface area contributed by atoms with Crippen LogP contribution < -0.4 is 10.1 Å². The number of aliphatic hydroxyl groups is 1. The third kappa shape index (κ3) is 5.89. The van der Waals surface area contributed by atoms with Crippen molar-refractivity contribution in [2.45, 2.75) is 51.5 Å². The van der Waals surface area contributed by atoms with E-state index in [0.717, 1.165) is 24.5 Å². The van der Waals surface area contributed by atoms with Crippen molar-refractivity contribution < 1.29 is 9.84 Å². The fourth-order valence-corrected chi connectivity index (χ4v) is 3.16. The smallest absolute Gasteiger partial charge is 0.123 e. The van der Waals surface area contributed by atoms with Crippen LogP contribution in [0.25, 0.3) is 0 Å². The molecular formula is C17H29NO2S. The van der Waals surface area contributed by atoms with Gasteiger partial charge in [0.25, 0.3) is 0 Å². The van der Waals surface area contributed by atoms with Crippen molar-refractivity contribution in [1.29, 1.82) is 0 Å². The minimum Gasteiger partial charge on any atom is -0.496 e. The molecule has 0 heterocycles. The molecule has 120 valence electrons. The Hall–Kier alpha value is -0.710. The molecule has 1 aromatic rings. The van der Waals surface area contributed by atoms with Gasteiger partial charge in [-0.3, -0.25) is 0 Å². The molecule has 3 unspecified atom stereocenters. The van der Waals surface area contributed by atoms with Gasteiger partial charge in [0.15, 0.2) is 0 Å². The van der Waals surface area contributed by atoms with E-state index in [9.17, 15) is 5.11 Å². The first-order valence-corrected chi connectivity index (χ1v) is 8.72. The van der Waals surface area contributed by atoms with Gasteiger partial charge >= 0.3 is 0 Å². The maximum atomic E-state index is 9.66. The number of hydrogen-bond donors (Lipinski definition) is 2. The molecule has 1 aromatic carbocycles. The topological polar surface area (TPSA) is 41.5 Å². The van der Waals surface area contributed by atoms with Gasteiger partial charge in [-0.15, -0.1) is 0 Å². The number of hydrogen-bond acceptors (Lipinski definition) is 4. The zero-order valence-electron chi connectivity index (χ0n) is 13.8. The van der Waals surface area contributed by atoms with Crippen LogP contribution in [0, 0.1) is 6.92 Å². The molecule has 0 amide bonds. The summed E-state index contributed by atoms with van der Waals surface area (Å²) in [7, 11) is 1.72. The van der Waals surface area contributed by atoms with E-state index >= 15 is 0 Å². The van der Waals surface area contributed by atoms with Gasteiger partial charge in [0.2, 0.25) is 0 Å². The largest absolute Gasteiger partial charge is 0.496 e. The van der Waals surface area contributed by atoms with Crippen LogP contribution in [0.2, 0.25) is 0 Å². The maximum Gasteiger partial charge on any atom is 0.123 e. The van der Waals surface area contributed by atoms with Crippen molar-refractivity contribution >= 4 is 11.8 Å². The predicted octanol–water partition coefficient (Wildman–Crippen LogP) is 3.55. The molecule has 0 bridgehead atoms. The van der Waals surface area contributed by atoms with E-state index in [2.05, 4.69) is 38.2 Å². The highest BCUT2D eigenvalue weighted by atomic mass is 32.2. The summed E-state index contributed by atoms with van der Waals surface area (Å²) in [6.07, 6.45) is 0.808. The second kappa shape index (κ2) is 9.34. The van der Waals surface area contributed by atoms with Crippen LogP contribution in [0.4, 0.5) is 0 Å². The molecule has 3 atom stereocenters. The molecule has 0 fully saturated rings. The van der Waals surface area contributed by atoms with Crippen molar-refractivity contribution in [2.75, 3.05) is 19.4 Å². The van der Waals surface area contributed by atoms with E-state index in [1.807, 2.05) is 13.0 Å². The van der Waals surface area contributed by atoms with E-state index in [1.54, 1.807) is 18.9 Å². The Kier molecular flexibility index (Phi) is 8.15. The Morgan fingerprint density at radius 1 is 1.33 bits per heavy atom. The third-order valence-electron chi connectivity index (χ3n) is 3.61. The summed E-state index contributed by atoms with van der Waals surface area (Å²) in [5.41, 5.74) is 2.44. The molecule has 3 nitrogen and oxygen atoms in total. The van der Waals surface area contributed by atoms with Gasteiger partial charge < -0.3 is 15.2 Å². The molecule has 1 rings (SSSR count). The number of ether oxygens (including phenoxy) is 1. The van der Waals surface area contributed by atoms with Crippen molar-refractivity contribution in [2.24, 2.45) is 0 Å². The highest BCUT2D eigenvalue weighted by molar-refractivity contribution is 7.99. The molecule has 0 radical (unpaired) electrons. The number of rotatable bonds is 9. The molecule has 4 heteroatoms. The van der Waals surface area contributed by atoms with Crippen LogP contribution in [0.15, 0.2) is 18.2 Å². The van der Waals surface area contributed by atoms with E-state index < -0.39 is 0 Å². The van der Waals surface area contributed by atoms with Crippen molar-refractivity contribution in [3.8, 4) is 5.75 Å². The van der Waals surface area contributed by atoms with Gasteiger partial charge in [-0.05, 0) is 32.9 Å². The Morgan fingerprint density at radius 2 is 2.05 bits per heavy atom. The standard InChI is InChI=1S/C17H29NO2S/c1-6-9-18-16(11-21-14(4)13(3)19)15-10-12(2)7-8-17(15)20-5/h7-8,10,13-14,16,18-19H,6,9,11H2,1-5H3. The fraction of sp³-hybridized carbons (Fsp3) is 0.647. The summed E-state index contributed by atoms with van der Waals surface area (Å²) >= 11 is 1.79. The molecular weight excluding hydrogens is 282 g/mol. The SMILES string of the molecule is CCCNC(CSC(C)C(C)O)c1cc(C)ccc1OC. The Bertz CT molecular complexity index is 423. The van der Waals surface area contributed by atoms with Gasteiger partial charge in [0, 0.05) is 22.6 Å². The Morgan fingerprint density at radius 3 is 2.62 bits per heavy atom. The average Bonchev–Trinajstić information content (AvgIpc) is 2.47. The highest BCUT2D eigenvalue weighted by Crippen LogP contribution is 2.30. The lowest BCUT2D eigenvalue weighted by molar-refractivity contribution is 0.196. The lowest BCUT2D eigenvalue weighted by Gasteiger charge is -2.24. The van der Waals surface area contributed by atoms with E-state index in [0.29, 0.717) is 0 Å². The van der Waals surface area contributed by atoms with Crippen LogP contribution in [-0.4, -0.2) is 35.9 Å². The van der Waals surface area contributed by atoms with Crippen molar-refractivity contribution in [3.63, 3.8) is 0 Å². The fourth-order valence-electron chi connectivity index (χ4n) is 2.09. The predicted molar refractivity (Wildman–Crippen MR) is 92.4 cm³/mol. The quantitative estimate of drug-likeness (QED) is 0.732. The van der Waals surface area contributed by atoms with E-state index in [-0.39, 0.29) is 17.4 Å². The normalized spacial score (nSPS) is 15.5. The summed E-state index contributed by atoms with van der Waals surface area (Å²) in [6.45, 7) is 9.17. The number of aryl methyl sites for hydroxylation is 1. The first-order valence-electron chi connectivity index (χ1n) is 7.67. The summed E-state index contributed by atoms with van der Waals surface area (Å²) in [6, 6.07) is 6.55. The monoisotopic (exact) mass is 311 g/mol. The molecule has 0 saturated carbocycles. The molecule has 0 aliphatic rings. The zero-order valence-corrected chi connectivity index (χ0v) is 14.7. The lowest BCUT2D eigenvalue weighted by Crippen LogP contribution is -2.26. The van der Waals surface area contributed by atoms with Gasteiger partial charge in [-0.1, -0.05) is 31.5 Å². The van der Waals surface area contributed by atoms with Crippen LogP contribution in [0.3, 0.4) is 0 Å². The highest BCUT2D eigenvalue weighted by Gasteiger charge is 2.18. The number of aliphatic hydroxyl groups excluding tert-OH is 1. The molecule has 0 aromatic heterocycles. The van der Waals surface area contributed by atoms with Gasteiger partial charge in [-0.2, -0.15) is 11.8 Å². The first kappa shape index (κ1) is 18.3. The molecule has 0 aliphatic carbocycles. The van der Waals surface area contributed by atoms with Gasteiger partial charge in [-0.25, -0.2) is 0 Å². The molecule has 2 N–H and O–H groups in total. The summed E-state index contributed by atoms with van der Waals surface area (Å²) in [4.78, 5) is 0. The zero-order chi connectivity index (χ0) is 15.8. The minimum atomic E-state index is -0.291. The maximum absolute atomic E-state index is 9.66. The third-order valence-corrected chi connectivity index (χ3v) is 5.05. The van der Waals surface area contributed by atoms with E-state index in [1.165, 1.54) is 11.1 Å². The Labute approximate surface area is 133 Å². The summed E-state index contributed by atoms with van der Waals surface area (Å²) < 4.78 is 5.52. The first-order chi connectivity index (χ1) is 9.99. The molecule has 21 heavy (non-hydrogen) atoms. The van der Waals surface area contributed by atoms with Crippen molar-refractivity contribution in [1.82, 2.24) is 5.32 Å². The number of benzene rings is 1. The Balaban J connectivity index is 2.88. The van der Waals surface area contributed by atoms with Crippen LogP contribution in [0.5, 0.6) is 5.75 Å². The average molecular weight is 311 g/mol. The van der Waals surface area contributed by atoms with Crippen molar-refractivity contribution in [3.05, 3.63) is 29.3 Å². The summed E-state index contributed by atoms with van der Waals surface area (Å²) in [5, 5.41) is 13.5. The van der Waals surface area contributed by atoms with Crippen LogP contribution in [0.1, 0.15) is 44.4 Å². The molecule has 0 saturated heterocycles. The van der Waals surface area contributed by atoms with Gasteiger partial charge in [0.05, 0.1) is 13.2 Å². The second-order valence-corrected chi connectivity index (χ2v) is 6.94. The second-order valence-electron chi connectivity index (χ2n) is 5.53. The minimum absolute atomic E-state index is 0.228.